The monoisotopic (exact) mass is 287 g/mol. The van der Waals surface area contributed by atoms with Crippen molar-refractivity contribution in [2.45, 2.75) is 44.5 Å². The molecule has 2 rings (SSSR count). The first-order valence-corrected chi connectivity index (χ1v) is 7.44. The van der Waals surface area contributed by atoms with Crippen LogP contribution < -0.4 is 0 Å². The number of thioether (sulfide) groups is 1. The third-order valence-electron chi connectivity index (χ3n) is 4.00. The number of hydrogen-bond acceptors (Lipinski definition) is 4. The van der Waals surface area contributed by atoms with Crippen LogP contribution in [0.1, 0.15) is 34.1 Å². The van der Waals surface area contributed by atoms with E-state index in [1.165, 1.54) is 0 Å². The molecule has 2 fully saturated rings. The maximum Gasteiger partial charge on any atom is 0.410 e. The van der Waals surface area contributed by atoms with Crippen LogP contribution in [-0.4, -0.2) is 51.3 Å². The largest absolute Gasteiger partial charge is 0.481 e. The van der Waals surface area contributed by atoms with Gasteiger partial charge in [0.25, 0.3) is 0 Å². The number of aliphatic carboxylic acids is 1. The summed E-state index contributed by atoms with van der Waals surface area (Å²) in [5.41, 5.74) is -1.26. The highest BCUT2D eigenvalue weighted by molar-refractivity contribution is 8.01. The average Bonchev–Trinajstić information content (AvgIpc) is 2.52. The second-order valence-corrected chi connectivity index (χ2v) is 8.04. The molecule has 1 spiro atoms. The lowest BCUT2D eigenvalue weighted by atomic mass is 9.70. The normalized spacial score (nSPS) is 29.2. The number of nitrogens with zero attached hydrogens (tertiary/aromatic N) is 1. The van der Waals surface area contributed by atoms with E-state index in [2.05, 4.69) is 0 Å². The third kappa shape index (κ3) is 2.30. The highest BCUT2D eigenvalue weighted by atomic mass is 32.2. The summed E-state index contributed by atoms with van der Waals surface area (Å²) in [6, 6.07) is 0. The number of carbonyl (C=O) groups is 2. The van der Waals surface area contributed by atoms with Crippen molar-refractivity contribution >= 4 is 23.8 Å². The number of likely N-dealkylation sites (tertiary alicyclic amines) is 1. The fraction of sp³-hybridized carbons (Fsp3) is 0.846. The summed E-state index contributed by atoms with van der Waals surface area (Å²) < 4.78 is 4.97. The fourth-order valence-corrected chi connectivity index (χ4v) is 4.51. The molecule has 0 aromatic rings. The van der Waals surface area contributed by atoms with E-state index < -0.39 is 17.0 Å². The van der Waals surface area contributed by atoms with Crippen LogP contribution in [0.15, 0.2) is 0 Å². The van der Waals surface area contributed by atoms with Crippen LogP contribution in [0.2, 0.25) is 0 Å². The molecular formula is C13H21NO4S. The van der Waals surface area contributed by atoms with Gasteiger partial charge in [0.2, 0.25) is 0 Å². The van der Waals surface area contributed by atoms with Crippen molar-refractivity contribution in [2.75, 3.05) is 18.8 Å². The summed E-state index contributed by atoms with van der Waals surface area (Å²) in [5.74, 6) is 0.0756. The van der Waals surface area contributed by atoms with Gasteiger partial charge >= 0.3 is 12.1 Å². The fourth-order valence-electron chi connectivity index (χ4n) is 2.61. The maximum atomic E-state index is 11.9. The van der Waals surface area contributed by atoms with Crippen molar-refractivity contribution in [3.05, 3.63) is 0 Å². The average molecular weight is 287 g/mol. The Morgan fingerprint density at radius 3 is 2.37 bits per heavy atom. The first-order chi connectivity index (χ1) is 8.60. The number of rotatable bonds is 1. The third-order valence-corrected chi connectivity index (χ3v) is 5.67. The molecule has 1 N–H and O–H groups in total. The van der Waals surface area contributed by atoms with Gasteiger partial charge in [0.15, 0.2) is 0 Å². The van der Waals surface area contributed by atoms with Crippen molar-refractivity contribution in [2.24, 2.45) is 5.41 Å². The number of carboxylic acids is 1. The Bertz CT molecular complexity index is 411. The van der Waals surface area contributed by atoms with E-state index in [1.54, 1.807) is 23.6 Å². The van der Waals surface area contributed by atoms with Crippen molar-refractivity contribution < 1.29 is 19.4 Å². The smallest absolute Gasteiger partial charge is 0.410 e. The predicted octanol–water partition coefficient (Wildman–Crippen LogP) is 2.20. The summed E-state index contributed by atoms with van der Waals surface area (Å²) in [4.78, 5) is 25.0. The summed E-state index contributed by atoms with van der Waals surface area (Å²) in [6.45, 7) is 8.21. The maximum absolute atomic E-state index is 11.9. The molecule has 0 saturated carbocycles. The van der Waals surface area contributed by atoms with Gasteiger partial charge in [0, 0.05) is 13.1 Å². The molecule has 0 aliphatic carbocycles. The second kappa shape index (κ2) is 4.30. The van der Waals surface area contributed by atoms with Gasteiger partial charge in [-0.05, 0) is 39.9 Å². The molecule has 1 amide bonds. The van der Waals surface area contributed by atoms with Gasteiger partial charge < -0.3 is 14.7 Å². The molecule has 0 aromatic heterocycles. The molecule has 2 heterocycles. The molecule has 1 unspecified atom stereocenters. The highest BCUT2D eigenvalue weighted by Gasteiger charge is 2.64. The van der Waals surface area contributed by atoms with Crippen LogP contribution in [0.5, 0.6) is 0 Å². The molecule has 2 aliphatic rings. The predicted molar refractivity (Wildman–Crippen MR) is 73.4 cm³/mol. The lowest BCUT2D eigenvalue weighted by Gasteiger charge is -2.53. The van der Waals surface area contributed by atoms with E-state index in [0.29, 0.717) is 19.5 Å². The molecular weight excluding hydrogens is 266 g/mol. The van der Waals surface area contributed by atoms with Gasteiger partial charge in [-0.3, -0.25) is 4.79 Å². The number of ether oxygens (including phenoxy) is 1. The zero-order valence-electron chi connectivity index (χ0n) is 11.9. The Morgan fingerprint density at radius 1 is 1.32 bits per heavy atom. The molecule has 108 valence electrons. The molecule has 2 aliphatic heterocycles. The Morgan fingerprint density at radius 2 is 1.89 bits per heavy atom. The zero-order valence-corrected chi connectivity index (χ0v) is 12.7. The quantitative estimate of drug-likeness (QED) is 0.801. The van der Waals surface area contributed by atoms with Crippen LogP contribution in [-0.2, 0) is 9.53 Å². The summed E-state index contributed by atoms with van der Waals surface area (Å²) >= 11 is 1.68. The van der Waals surface area contributed by atoms with Crippen LogP contribution in [0.4, 0.5) is 4.79 Å². The molecule has 5 nitrogen and oxygen atoms in total. The first kappa shape index (κ1) is 14.5. The minimum atomic E-state index is -0.763. The minimum absolute atomic E-state index is 0.338. The van der Waals surface area contributed by atoms with E-state index in [-0.39, 0.29) is 10.8 Å². The van der Waals surface area contributed by atoms with Crippen LogP contribution >= 0.6 is 11.8 Å². The molecule has 0 radical (unpaired) electrons. The number of carbonyl (C=O) groups excluding carboxylic acids is 1. The van der Waals surface area contributed by atoms with Gasteiger partial charge in [0.05, 0.1) is 10.2 Å². The van der Waals surface area contributed by atoms with E-state index in [0.717, 1.165) is 5.75 Å². The Kier molecular flexibility index (Phi) is 3.28. The number of carboxylic acid groups (broad SMARTS) is 1. The Hall–Kier alpha value is -0.910. The van der Waals surface area contributed by atoms with Crippen LogP contribution in [0, 0.1) is 5.41 Å². The SMILES string of the molecule is CC(C)(C)OC(=O)N1CC2(C1)SCCC2(C)C(=O)O. The number of amides is 1. The molecule has 1 atom stereocenters. The summed E-state index contributed by atoms with van der Waals surface area (Å²) in [6.07, 6.45) is 0.313. The first-order valence-electron chi connectivity index (χ1n) is 6.45. The molecule has 0 aromatic carbocycles. The highest BCUT2D eigenvalue weighted by Crippen LogP contribution is 2.56. The summed E-state index contributed by atoms with van der Waals surface area (Å²) in [7, 11) is 0. The van der Waals surface area contributed by atoms with E-state index in [9.17, 15) is 14.7 Å². The van der Waals surface area contributed by atoms with Gasteiger partial charge in [0.1, 0.15) is 5.60 Å². The molecule has 19 heavy (non-hydrogen) atoms. The van der Waals surface area contributed by atoms with E-state index >= 15 is 0 Å². The van der Waals surface area contributed by atoms with E-state index in [4.69, 9.17) is 4.74 Å². The molecule has 0 bridgehead atoms. The second-order valence-electron chi connectivity index (χ2n) is 6.57. The van der Waals surface area contributed by atoms with Crippen molar-refractivity contribution in [3.63, 3.8) is 0 Å². The summed E-state index contributed by atoms with van der Waals surface area (Å²) in [5, 5.41) is 9.44. The molecule has 6 heteroatoms. The van der Waals surface area contributed by atoms with Crippen LogP contribution in [0.25, 0.3) is 0 Å². The van der Waals surface area contributed by atoms with Crippen LogP contribution in [0.3, 0.4) is 0 Å². The topological polar surface area (TPSA) is 66.8 Å². The van der Waals surface area contributed by atoms with Gasteiger partial charge in [-0.1, -0.05) is 0 Å². The molecule has 2 saturated heterocycles. The van der Waals surface area contributed by atoms with Gasteiger partial charge in [-0.25, -0.2) is 4.79 Å². The van der Waals surface area contributed by atoms with Crippen molar-refractivity contribution in [1.29, 1.82) is 0 Å². The van der Waals surface area contributed by atoms with E-state index in [1.807, 2.05) is 20.8 Å². The lowest BCUT2D eigenvalue weighted by molar-refractivity contribution is -0.152. The Balaban J connectivity index is 2.02. The Labute approximate surface area is 117 Å². The number of hydrogen-bond donors (Lipinski definition) is 1. The van der Waals surface area contributed by atoms with Crippen molar-refractivity contribution in [1.82, 2.24) is 4.90 Å². The standard InChI is InChI=1S/C13H21NO4S/c1-11(2,3)18-10(17)14-7-13(8-14)12(4,9(15)16)5-6-19-13/h5-8H2,1-4H3,(H,15,16). The van der Waals surface area contributed by atoms with Gasteiger partial charge in [-0.15, -0.1) is 0 Å². The zero-order chi connectivity index (χ0) is 14.5. The lowest BCUT2D eigenvalue weighted by Crippen LogP contribution is -2.68. The van der Waals surface area contributed by atoms with Crippen molar-refractivity contribution in [3.8, 4) is 0 Å². The minimum Gasteiger partial charge on any atom is -0.481 e. The van der Waals surface area contributed by atoms with Gasteiger partial charge in [-0.2, -0.15) is 11.8 Å².